The maximum absolute atomic E-state index is 11.1. The van der Waals surface area contributed by atoms with E-state index in [9.17, 15) is 10.4 Å². The lowest BCUT2D eigenvalue weighted by atomic mass is 9.62. The molecule has 2 heteroatoms. The highest BCUT2D eigenvalue weighted by molar-refractivity contribution is 5.22. The molecule has 3 rings (SSSR count). The topological polar surface area (TPSA) is 44.0 Å². The number of nitrogens with zero attached hydrogens (tertiary/aromatic N) is 1. The molecule has 0 atom stereocenters. The Hall–Kier alpha value is -1.33. The van der Waals surface area contributed by atoms with E-state index in [1.165, 1.54) is 5.56 Å². The fraction of sp³-hybridized carbons (Fsp3) is 0.611. The van der Waals surface area contributed by atoms with Gasteiger partial charge in [-0.15, -0.1) is 0 Å². The van der Waals surface area contributed by atoms with Gasteiger partial charge in [-0.1, -0.05) is 43.2 Å². The lowest BCUT2D eigenvalue weighted by Gasteiger charge is -2.45. The second-order valence-corrected chi connectivity index (χ2v) is 6.62. The maximum atomic E-state index is 11.1. The van der Waals surface area contributed by atoms with Crippen molar-refractivity contribution >= 4 is 0 Å². The van der Waals surface area contributed by atoms with E-state index in [0.717, 1.165) is 51.4 Å². The van der Waals surface area contributed by atoms with Gasteiger partial charge < -0.3 is 5.11 Å². The van der Waals surface area contributed by atoms with Crippen molar-refractivity contribution in [2.24, 2.45) is 5.41 Å². The van der Waals surface area contributed by atoms with E-state index in [4.69, 9.17) is 0 Å². The molecule has 106 valence electrons. The van der Waals surface area contributed by atoms with Crippen LogP contribution in [0.2, 0.25) is 0 Å². The second kappa shape index (κ2) is 5.22. The molecule has 0 aromatic heterocycles. The molecule has 2 nitrogen and oxygen atoms in total. The Kier molecular flexibility index (Phi) is 3.56. The zero-order chi connectivity index (χ0) is 14.1. The summed E-state index contributed by atoms with van der Waals surface area (Å²) in [6.45, 7) is 0. The van der Waals surface area contributed by atoms with Gasteiger partial charge in [0.15, 0.2) is 0 Å². The van der Waals surface area contributed by atoms with E-state index in [-0.39, 0.29) is 0 Å². The van der Waals surface area contributed by atoms with Crippen LogP contribution in [0.5, 0.6) is 0 Å². The van der Waals surface area contributed by atoms with Crippen LogP contribution < -0.4 is 0 Å². The molecule has 2 aliphatic carbocycles. The number of nitriles is 1. The molecule has 1 aromatic rings. The zero-order valence-corrected chi connectivity index (χ0v) is 12.0. The summed E-state index contributed by atoms with van der Waals surface area (Å²) in [5.74, 6) is 0.550. The third kappa shape index (κ3) is 2.15. The minimum Gasteiger partial charge on any atom is -0.388 e. The highest BCUT2D eigenvalue weighted by Crippen LogP contribution is 2.53. The molecule has 0 spiro atoms. The van der Waals surface area contributed by atoms with Gasteiger partial charge in [-0.2, -0.15) is 5.26 Å². The van der Waals surface area contributed by atoms with E-state index < -0.39 is 11.0 Å². The van der Waals surface area contributed by atoms with Crippen LogP contribution >= 0.6 is 0 Å². The quantitative estimate of drug-likeness (QED) is 0.876. The van der Waals surface area contributed by atoms with Crippen molar-refractivity contribution in [3.8, 4) is 6.07 Å². The van der Waals surface area contributed by atoms with Gasteiger partial charge in [0.2, 0.25) is 0 Å². The Morgan fingerprint density at radius 2 is 1.60 bits per heavy atom. The molecule has 1 N–H and O–H groups in total. The highest BCUT2D eigenvalue weighted by Gasteiger charge is 2.53. The largest absolute Gasteiger partial charge is 0.388 e. The van der Waals surface area contributed by atoms with Crippen LogP contribution in [0.3, 0.4) is 0 Å². The van der Waals surface area contributed by atoms with Crippen molar-refractivity contribution in [2.75, 3.05) is 0 Å². The smallest absolute Gasteiger partial charge is 0.0860 e. The molecule has 20 heavy (non-hydrogen) atoms. The molecule has 1 aromatic carbocycles. The summed E-state index contributed by atoms with van der Waals surface area (Å²) in [5.41, 5.74) is 0.171. The van der Waals surface area contributed by atoms with Crippen molar-refractivity contribution < 1.29 is 5.11 Å². The Morgan fingerprint density at radius 1 is 1.00 bits per heavy atom. The molecular formula is C18H23NO. The van der Waals surface area contributed by atoms with Crippen LogP contribution in [-0.4, -0.2) is 10.7 Å². The van der Waals surface area contributed by atoms with Gasteiger partial charge in [-0.05, 0) is 50.0 Å². The number of hydrogen-bond donors (Lipinski definition) is 1. The molecule has 0 radical (unpaired) electrons. The van der Waals surface area contributed by atoms with Crippen LogP contribution in [0.15, 0.2) is 30.3 Å². The molecule has 0 bridgehead atoms. The van der Waals surface area contributed by atoms with Gasteiger partial charge in [-0.3, -0.25) is 0 Å². The molecule has 2 saturated carbocycles. The van der Waals surface area contributed by atoms with Crippen molar-refractivity contribution in [1.82, 2.24) is 0 Å². The van der Waals surface area contributed by atoms with Crippen molar-refractivity contribution in [3.05, 3.63) is 35.9 Å². The van der Waals surface area contributed by atoms with Gasteiger partial charge in [0.1, 0.15) is 0 Å². The molecule has 2 fully saturated rings. The maximum Gasteiger partial charge on any atom is 0.0860 e. The average Bonchev–Trinajstić information content (AvgIpc) is 3.00. The molecule has 2 aliphatic rings. The summed E-state index contributed by atoms with van der Waals surface area (Å²) in [6, 6.07) is 13.1. The van der Waals surface area contributed by atoms with Crippen LogP contribution in [0.25, 0.3) is 0 Å². The summed E-state index contributed by atoms with van der Waals surface area (Å²) >= 11 is 0. The van der Waals surface area contributed by atoms with Gasteiger partial charge in [0.25, 0.3) is 0 Å². The van der Waals surface area contributed by atoms with E-state index in [2.05, 4.69) is 30.3 Å². The van der Waals surface area contributed by atoms with E-state index in [1.807, 2.05) is 6.07 Å². The first-order valence-electron chi connectivity index (χ1n) is 7.88. The fourth-order valence-corrected chi connectivity index (χ4v) is 4.29. The van der Waals surface area contributed by atoms with Crippen LogP contribution in [0, 0.1) is 16.7 Å². The minimum atomic E-state index is -0.746. The lowest BCUT2D eigenvalue weighted by Crippen LogP contribution is -2.48. The standard InChI is InChI=1S/C18H23NO/c19-14-17(10-4-5-11-17)18(20)12-8-16(9-13-18)15-6-2-1-3-7-15/h1-3,6-7,16,20H,4-5,8-13H2. The Bertz CT molecular complexity index is 488. The predicted octanol–water partition coefficient (Wildman–Crippen LogP) is 4.16. The molecule has 0 amide bonds. The third-order valence-corrected chi connectivity index (χ3v) is 5.65. The molecule has 0 heterocycles. The Balaban J connectivity index is 1.73. The van der Waals surface area contributed by atoms with Gasteiger partial charge in [-0.25, -0.2) is 0 Å². The zero-order valence-electron chi connectivity index (χ0n) is 12.0. The molecule has 0 unspecified atom stereocenters. The van der Waals surface area contributed by atoms with Crippen molar-refractivity contribution in [1.29, 1.82) is 5.26 Å². The second-order valence-electron chi connectivity index (χ2n) is 6.62. The number of aliphatic hydroxyl groups is 1. The Labute approximate surface area is 121 Å². The summed E-state index contributed by atoms with van der Waals surface area (Å²) in [5, 5.41) is 20.7. The normalized spacial score (nSPS) is 32.7. The molecule has 0 saturated heterocycles. The van der Waals surface area contributed by atoms with Crippen LogP contribution in [0.4, 0.5) is 0 Å². The molecule has 0 aliphatic heterocycles. The van der Waals surface area contributed by atoms with Crippen LogP contribution in [0.1, 0.15) is 62.8 Å². The van der Waals surface area contributed by atoms with E-state index >= 15 is 0 Å². The Morgan fingerprint density at radius 3 is 2.15 bits per heavy atom. The number of benzene rings is 1. The monoisotopic (exact) mass is 269 g/mol. The van der Waals surface area contributed by atoms with Crippen LogP contribution in [-0.2, 0) is 0 Å². The first-order valence-corrected chi connectivity index (χ1v) is 7.88. The SMILES string of the molecule is N#CC1(C2(O)CCC(c3ccccc3)CC2)CCCC1. The van der Waals surface area contributed by atoms with E-state index in [0.29, 0.717) is 5.92 Å². The number of hydrogen-bond acceptors (Lipinski definition) is 2. The predicted molar refractivity (Wildman–Crippen MR) is 79.1 cm³/mol. The van der Waals surface area contributed by atoms with Gasteiger partial charge in [0.05, 0.1) is 17.1 Å². The van der Waals surface area contributed by atoms with E-state index in [1.54, 1.807) is 0 Å². The summed E-state index contributed by atoms with van der Waals surface area (Å²) in [4.78, 5) is 0. The lowest BCUT2D eigenvalue weighted by molar-refractivity contribution is -0.0833. The molecular weight excluding hydrogens is 246 g/mol. The first-order chi connectivity index (χ1) is 9.69. The summed E-state index contributed by atoms with van der Waals surface area (Å²) in [6.07, 6.45) is 7.52. The van der Waals surface area contributed by atoms with Crippen molar-refractivity contribution in [3.63, 3.8) is 0 Å². The minimum absolute atomic E-state index is 0.464. The highest BCUT2D eigenvalue weighted by atomic mass is 16.3. The van der Waals surface area contributed by atoms with Gasteiger partial charge in [0, 0.05) is 0 Å². The average molecular weight is 269 g/mol. The number of rotatable bonds is 2. The first kappa shape index (κ1) is 13.6. The fourth-order valence-electron chi connectivity index (χ4n) is 4.29. The summed E-state index contributed by atoms with van der Waals surface area (Å²) < 4.78 is 0. The van der Waals surface area contributed by atoms with Crippen molar-refractivity contribution in [2.45, 2.75) is 62.9 Å². The van der Waals surface area contributed by atoms with Gasteiger partial charge >= 0.3 is 0 Å². The summed E-state index contributed by atoms with van der Waals surface area (Å²) in [7, 11) is 0. The third-order valence-electron chi connectivity index (χ3n) is 5.65.